The average molecular weight is 348 g/mol. The van der Waals surface area contributed by atoms with E-state index in [0.29, 0.717) is 18.7 Å². The molecule has 1 amide bonds. The second-order valence-corrected chi connectivity index (χ2v) is 6.12. The van der Waals surface area contributed by atoms with Gasteiger partial charge in [-0.15, -0.1) is 0 Å². The molecule has 4 N–H and O–H groups in total. The molecule has 132 valence electrons. The monoisotopic (exact) mass is 348 g/mol. The fraction of sp³-hybridized carbons (Fsp3) is 0.143. The van der Waals surface area contributed by atoms with Crippen LogP contribution in [0.2, 0.25) is 0 Å². The number of anilines is 1. The highest BCUT2D eigenvalue weighted by Gasteiger charge is 2.11. The van der Waals surface area contributed by atoms with Crippen molar-refractivity contribution in [3.05, 3.63) is 77.4 Å². The average Bonchev–Trinajstić information content (AvgIpc) is 2.66. The Bertz CT molecular complexity index is 966. The molecule has 0 fully saturated rings. The fourth-order valence-electron chi connectivity index (χ4n) is 2.88. The van der Waals surface area contributed by atoms with Crippen molar-refractivity contribution in [2.75, 3.05) is 5.32 Å². The van der Waals surface area contributed by atoms with E-state index in [1.807, 2.05) is 24.3 Å². The number of aryl methyl sites for hydroxylation is 1. The van der Waals surface area contributed by atoms with Gasteiger partial charge in [-0.2, -0.15) is 0 Å². The van der Waals surface area contributed by atoms with Gasteiger partial charge >= 0.3 is 5.97 Å². The summed E-state index contributed by atoms with van der Waals surface area (Å²) in [6.45, 7) is 0.510. The zero-order valence-electron chi connectivity index (χ0n) is 14.2. The van der Waals surface area contributed by atoms with Crippen molar-refractivity contribution in [2.45, 2.75) is 19.4 Å². The lowest BCUT2D eigenvalue weighted by molar-refractivity contribution is -0.116. The zero-order valence-corrected chi connectivity index (χ0v) is 14.2. The molecule has 5 nitrogen and oxygen atoms in total. The number of nitrogens with one attached hydrogen (secondary N) is 1. The molecular weight excluding hydrogens is 328 g/mol. The Morgan fingerprint density at radius 1 is 0.923 bits per heavy atom. The van der Waals surface area contributed by atoms with Crippen LogP contribution in [0.5, 0.6) is 0 Å². The molecule has 3 aromatic carbocycles. The van der Waals surface area contributed by atoms with Gasteiger partial charge in [-0.25, -0.2) is 4.79 Å². The summed E-state index contributed by atoms with van der Waals surface area (Å²) in [5, 5.41) is 14.1. The van der Waals surface area contributed by atoms with Crippen molar-refractivity contribution in [3.8, 4) is 0 Å². The van der Waals surface area contributed by atoms with Gasteiger partial charge in [-0.05, 0) is 46.5 Å². The molecule has 0 aromatic heterocycles. The lowest BCUT2D eigenvalue weighted by atomic mass is 10.0. The number of benzene rings is 3. The number of hydrogen-bond donors (Lipinski definition) is 3. The number of hydrogen-bond acceptors (Lipinski definition) is 3. The van der Waals surface area contributed by atoms with E-state index in [1.165, 1.54) is 6.07 Å². The van der Waals surface area contributed by atoms with Crippen molar-refractivity contribution in [3.63, 3.8) is 0 Å². The number of carboxylic acid groups (broad SMARTS) is 1. The van der Waals surface area contributed by atoms with Gasteiger partial charge < -0.3 is 16.2 Å². The topological polar surface area (TPSA) is 92.4 Å². The molecule has 5 heteroatoms. The number of fused-ring (bicyclic) bond motifs is 1. The molecule has 0 heterocycles. The largest absolute Gasteiger partial charge is 0.478 e. The van der Waals surface area contributed by atoms with Crippen LogP contribution in [-0.4, -0.2) is 17.0 Å². The smallest absolute Gasteiger partial charge is 0.337 e. The van der Waals surface area contributed by atoms with Crippen molar-refractivity contribution < 1.29 is 14.7 Å². The van der Waals surface area contributed by atoms with E-state index in [9.17, 15) is 9.59 Å². The third kappa shape index (κ3) is 4.07. The Balaban J connectivity index is 1.66. The van der Waals surface area contributed by atoms with Gasteiger partial charge in [-0.1, -0.05) is 42.5 Å². The predicted molar refractivity (Wildman–Crippen MR) is 102 cm³/mol. The quantitative estimate of drug-likeness (QED) is 0.635. The molecule has 0 aliphatic carbocycles. The first-order chi connectivity index (χ1) is 12.6. The van der Waals surface area contributed by atoms with E-state index in [2.05, 4.69) is 17.4 Å². The number of carboxylic acids is 1. The van der Waals surface area contributed by atoms with Crippen LogP contribution in [0.4, 0.5) is 5.69 Å². The molecular formula is C21H20N2O3. The maximum Gasteiger partial charge on any atom is 0.337 e. The van der Waals surface area contributed by atoms with E-state index >= 15 is 0 Å². The third-order valence-corrected chi connectivity index (χ3v) is 4.28. The normalized spacial score (nSPS) is 10.7. The van der Waals surface area contributed by atoms with Crippen LogP contribution in [0.3, 0.4) is 0 Å². The van der Waals surface area contributed by atoms with E-state index in [0.717, 1.165) is 21.9 Å². The van der Waals surface area contributed by atoms with Crippen LogP contribution in [-0.2, 0) is 17.8 Å². The number of aromatic carboxylic acids is 1. The van der Waals surface area contributed by atoms with E-state index in [1.54, 1.807) is 18.2 Å². The summed E-state index contributed by atoms with van der Waals surface area (Å²) in [6.07, 6.45) is 0.857. The van der Waals surface area contributed by atoms with Gasteiger partial charge in [0.15, 0.2) is 0 Å². The Kier molecular flexibility index (Phi) is 5.29. The maximum absolute atomic E-state index is 12.2. The summed E-state index contributed by atoms with van der Waals surface area (Å²) in [4.78, 5) is 23.4. The second-order valence-electron chi connectivity index (χ2n) is 6.12. The van der Waals surface area contributed by atoms with E-state index in [-0.39, 0.29) is 17.9 Å². The molecule has 26 heavy (non-hydrogen) atoms. The zero-order chi connectivity index (χ0) is 18.5. The molecule has 0 aliphatic heterocycles. The van der Waals surface area contributed by atoms with Crippen molar-refractivity contribution in [1.82, 2.24) is 0 Å². The third-order valence-electron chi connectivity index (χ3n) is 4.28. The van der Waals surface area contributed by atoms with Crippen molar-refractivity contribution in [1.29, 1.82) is 0 Å². The molecule has 0 bridgehead atoms. The first-order valence-corrected chi connectivity index (χ1v) is 8.40. The van der Waals surface area contributed by atoms with Crippen molar-refractivity contribution in [2.24, 2.45) is 5.73 Å². The number of amides is 1. The summed E-state index contributed by atoms with van der Waals surface area (Å²) in [5.74, 6) is -1.27. The first-order valence-electron chi connectivity index (χ1n) is 8.40. The predicted octanol–water partition coefficient (Wildman–Crippen LogP) is 3.57. The second kappa shape index (κ2) is 7.80. The van der Waals surface area contributed by atoms with Crippen LogP contribution in [0.1, 0.15) is 27.9 Å². The molecule has 3 rings (SSSR count). The van der Waals surface area contributed by atoms with Gasteiger partial charge in [0.25, 0.3) is 0 Å². The number of para-hydroxylation sites is 1. The lowest BCUT2D eigenvalue weighted by Gasteiger charge is -2.09. The molecule has 0 aliphatic rings. The molecule has 0 spiro atoms. The number of rotatable bonds is 6. The molecule has 0 saturated carbocycles. The Morgan fingerprint density at radius 2 is 1.58 bits per heavy atom. The highest BCUT2D eigenvalue weighted by molar-refractivity contribution is 6.00. The van der Waals surface area contributed by atoms with Crippen LogP contribution in [0.25, 0.3) is 10.8 Å². The highest BCUT2D eigenvalue weighted by Crippen LogP contribution is 2.19. The summed E-state index contributed by atoms with van der Waals surface area (Å²) >= 11 is 0. The van der Waals surface area contributed by atoms with E-state index in [4.69, 9.17) is 10.8 Å². The molecule has 0 unspecified atom stereocenters. The van der Waals surface area contributed by atoms with Crippen molar-refractivity contribution >= 4 is 28.3 Å². The van der Waals surface area contributed by atoms with Gasteiger partial charge in [0, 0.05) is 13.0 Å². The standard InChI is InChI=1S/C21H20N2O3/c22-13-15-6-9-16-11-14(5-8-17(16)12-15)7-10-20(24)23-19-4-2-1-3-18(19)21(25)26/h1-6,8-9,11-12H,7,10,13,22H2,(H,23,24)(H,25,26). The van der Waals surface area contributed by atoms with Gasteiger partial charge in [-0.3, -0.25) is 4.79 Å². The molecule has 0 atom stereocenters. The van der Waals surface area contributed by atoms with E-state index < -0.39 is 5.97 Å². The molecule has 0 radical (unpaired) electrons. The van der Waals surface area contributed by atoms with Gasteiger partial charge in [0.05, 0.1) is 11.3 Å². The Morgan fingerprint density at radius 3 is 2.27 bits per heavy atom. The number of carbonyl (C=O) groups excluding carboxylic acids is 1. The Labute approximate surface area is 151 Å². The van der Waals surface area contributed by atoms with Gasteiger partial charge in [0.1, 0.15) is 0 Å². The number of nitrogens with two attached hydrogens (primary N) is 1. The summed E-state index contributed by atoms with van der Waals surface area (Å²) < 4.78 is 0. The summed E-state index contributed by atoms with van der Waals surface area (Å²) in [5.41, 5.74) is 8.21. The first kappa shape index (κ1) is 17.6. The maximum atomic E-state index is 12.2. The van der Waals surface area contributed by atoms with Crippen LogP contribution < -0.4 is 11.1 Å². The summed E-state index contributed by atoms with van der Waals surface area (Å²) in [6, 6.07) is 18.6. The van der Waals surface area contributed by atoms with Crippen LogP contribution in [0, 0.1) is 0 Å². The summed E-state index contributed by atoms with van der Waals surface area (Å²) in [7, 11) is 0. The van der Waals surface area contributed by atoms with Gasteiger partial charge in [0.2, 0.25) is 5.91 Å². The molecule has 3 aromatic rings. The highest BCUT2D eigenvalue weighted by atomic mass is 16.4. The molecule has 0 saturated heterocycles. The Hall–Kier alpha value is -3.18. The minimum atomic E-state index is -1.06. The minimum Gasteiger partial charge on any atom is -0.478 e. The lowest BCUT2D eigenvalue weighted by Crippen LogP contribution is -2.15. The minimum absolute atomic E-state index is 0.0854. The fourth-order valence-corrected chi connectivity index (χ4v) is 2.88. The number of carbonyl (C=O) groups is 2. The van der Waals surface area contributed by atoms with Crippen LogP contribution >= 0.6 is 0 Å². The van der Waals surface area contributed by atoms with Crippen LogP contribution in [0.15, 0.2) is 60.7 Å². The SMILES string of the molecule is NCc1ccc2cc(CCC(=O)Nc3ccccc3C(=O)O)ccc2c1.